The molecule has 17 heavy (non-hydrogen) atoms. The van der Waals surface area contributed by atoms with Crippen LogP contribution in [-0.2, 0) is 10.0 Å². The van der Waals surface area contributed by atoms with Gasteiger partial charge in [0.25, 0.3) is 0 Å². The molecule has 1 aliphatic rings. The van der Waals surface area contributed by atoms with E-state index in [2.05, 4.69) is 18.6 Å². The van der Waals surface area contributed by atoms with Crippen molar-refractivity contribution in [3.8, 4) is 0 Å². The van der Waals surface area contributed by atoms with Crippen molar-refractivity contribution >= 4 is 10.0 Å². The van der Waals surface area contributed by atoms with Crippen LogP contribution in [0.1, 0.15) is 53.4 Å². The minimum atomic E-state index is -3.10. The van der Waals surface area contributed by atoms with E-state index in [0.717, 1.165) is 19.3 Å². The van der Waals surface area contributed by atoms with E-state index in [1.807, 2.05) is 13.8 Å². The van der Waals surface area contributed by atoms with E-state index < -0.39 is 10.0 Å². The van der Waals surface area contributed by atoms with Crippen LogP contribution in [0.3, 0.4) is 0 Å². The lowest BCUT2D eigenvalue weighted by Gasteiger charge is -2.34. The van der Waals surface area contributed by atoms with Gasteiger partial charge in [0, 0.05) is 6.04 Å². The SMILES string of the molecule is CC[C@H](C)CS(=O)(=O)N[C@@H]1CCC[C@H](C)[C@H]1C. The monoisotopic (exact) mass is 261 g/mol. The zero-order valence-electron chi connectivity index (χ0n) is 11.6. The first-order valence-corrected chi connectivity index (χ1v) is 8.51. The average Bonchev–Trinajstić information content (AvgIpc) is 2.23. The lowest BCUT2D eigenvalue weighted by molar-refractivity contribution is 0.226. The summed E-state index contributed by atoms with van der Waals surface area (Å²) in [5.74, 6) is 1.58. The first-order valence-electron chi connectivity index (χ1n) is 6.85. The number of sulfonamides is 1. The van der Waals surface area contributed by atoms with Crippen LogP contribution >= 0.6 is 0 Å². The standard InChI is InChI=1S/C13H27NO2S/c1-5-10(2)9-17(15,16)14-13-8-6-7-11(3)12(13)4/h10-14H,5-9H2,1-4H3/t10-,11-,12+,13+/m0/s1. The molecule has 4 heteroatoms. The van der Waals surface area contributed by atoms with Gasteiger partial charge in [0.05, 0.1) is 5.75 Å². The van der Waals surface area contributed by atoms with Crippen molar-refractivity contribution in [3.05, 3.63) is 0 Å². The van der Waals surface area contributed by atoms with Gasteiger partial charge in [-0.15, -0.1) is 0 Å². The minimum Gasteiger partial charge on any atom is -0.212 e. The molecule has 0 bridgehead atoms. The van der Waals surface area contributed by atoms with Gasteiger partial charge in [0.1, 0.15) is 0 Å². The van der Waals surface area contributed by atoms with E-state index in [0.29, 0.717) is 11.8 Å². The summed E-state index contributed by atoms with van der Waals surface area (Å²) in [6.45, 7) is 8.41. The van der Waals surface area contributed by atoms with Gasteiger partial charge in [-0.3, -0.25) is 0 Å². The third-order valence-electron chi connectivity index (χ3n) is 4.24. The summed E-state index contributed by atoms with van der Waals surface area (Å²) in [5.41, 5.74) is 0. The van der Waals surface area contributed by atoms with Crippen molar-refractivity contribution in [2.45, 2.75) is 59.4 Å². The molecule has 0 saturated heterocycles. The summed E-state index contributed by atoms with van der Waals surface area (Å²) >= 11 is 0. The molecule has 1 aliphatic carbocycles. The lowest BCUT2D eigenvalue weighted by atomic mass is 9.78. The molecular formula is C13H27NO2S. The van der Waals surface area contributed by atoms with Gasteiger partial charge >= 0.3 is 0 Å². The van der Waals surface area contributed by atoms with E-state index in [1.165, 1.54) is 6.42 Å². The molecule has 0 spiro atoms. The lowest BCUT2D eigenvalue weighted by Crippen LogP contribution is -2.45. The predicted octanol–water partition coefficient (Wildman–Crippen LogP) is 2.78. The Balaban J connectivity index is 2.57. The third-order valence-corrected chi connectivity index (χ3v) is 5.91. The molecule has 0 radical (unpaired) electrons. The fourth-order valence-electron chi connectivity index (χ4n) is 2.52. The summed E-state index contributed by atoms with van der Waals surface area (Å²) in [6.07, 6.45) is 4.27. The summed E-state index contributed by atoms with van der Waals surface area (Å²) in [5, 5.41) is 0. The quantitative estimate of drug-likeness (QED) is 0.827. The van der Waals surface area contributed by atoms with Crippen molar-refractivity contribution in [3.63, 3.8) is 0 Å². The Morgan fingerprint density at radius 2 is 1.94 bits per heavy atom. The molecule has 0 heterocycles. The molecule has 0 aromatic heterocycles. The molecule has 0 aliphatic heterocycles. The zero-order valence-corrected chi connectivity index (χ0v) is 12.4. The van der Waals surface area contributed by atoms with Gasteiger partial charge in [0.15, 0.2) is 0 Å². The number of nitrogens with one attached hydrogen (secondary N) is 1. The summed E-state index contributed by atoms with van der Waals surface area (Å²) in [4.78, 5) is 0. The van der Waals surface area contributed by atoms with E-state index in [4.69, 9.17) is 0 Å². The highest BCUT2D eigenvalue weighted by Gasteiger charge is 2.30. The summed E-state index contributed by atoms with van der Waals surface area (Å²) in [6, 6.07) is 0.146. The van der Waals surface area contributed by atoms with Crippen molar-refractivity contribution in [2.24, 2.45) is 17.8 Å². The van der Waals surface area contributed by atoms with Crippen LogP contribution in [0.2, 0.25) is 0 Å². The Kier molecular flexibility index (Phi) is 5.45. The van der Waals surface area contributed by atoms with Gasteiger partial charge in [-0.25, -0.2) is 13.1 Å². The highest BCUT2D eigenvalue weighted by Crippen LogP contribution is 2.29. The van der Waals surface area contributed by atoms with Crippen molar-refractivity contribution in [1.29, 1.82) is 0 Å². The Morgan fingerprint density at radius 1 is 1.29 bits per heavy atom. The van der Waals surface area contributed by atoms with Crippen LogP contribution in [-0.4, -0.2) is 20.2 Å². The maximum Gasteiger partial charge on any atom is 0.212 e. The second-order valence-electron chi connectivity index (χ2n) is 5.79. The summed E-state index contributed by atoms with van der Waals surface area (Å²) < 4.78 is 26.9. The molecule has 1 N–H and O–H groups in total. The second-order valence-corrected chi connectivity index (χ2v) is 7.59. The van der Waals surface area contributed by atoms with Crippen LogP contribution in [0, 0.1) is 17.8 Å². The van der Waals surface area contributed by atoms with Gasteiger partial charge in [0.2, 0.25) is 10.0 Å². The number of hydrogen-bond acceptors (Lipinski definition) is 2. The van der Waals surface area contributed by atoms with E-state index in [9.17, 15) is 8.42 Å². The molecule has 4 atom stereocenters. The maximum absolute atomic E-state index is 12.0. The molecule has 102 valence electrons. The van der Waals surface area contributed by atoms with E-state index in [-0.39, 0.29) is 17.7 Å². The molecule has 1 fully saturated rings. The Hall–Kier alpha value is -0.0900. The zero-order chi connectivity index (χ0) is 13.1. The number of rotatable bonds is 5. The minimum absolute atomic E-state index is 0.146. The number of hydrogen-bond donors (Lipinski definition) is 1. The third kappa shape index (κ3) is 4.59. The van der Waals surface area contributed by atoms with Crippen molar-refractivity contribution in [2.75, 3.05) is 5.75 Å². The molecular weight excluding hydrogens is 234 g/mol. The van der Waals surface area contributed by atoms with Gasteiger partial charge in [-0.05, 0) is 24.2 Å². The van der Waals surface area contributed by atoms with Gasteiger partial charge in [-0.1, -0.05) is 47.0 Å². The molecule has 0 unspecified atom stereocenters. The second kappa shape index (κ2) is 6.19. The van der Waals surface area contributed by atoms with E-state index in [1.54, 1.807) is 0 Å². The highest BCUT2D eigenvalue weighted by molar-refractivity contribution is 7.89. The Bertz CT molecular complexity index is 326. The van der Waals surface area contributed by atoms with Crippen LogP contribution in [0.15, 0.2) is 0 Å². The normalized spacial score (nSPS) is 32.4. The smallest absolute Gasteiger partial charge is 0.212 e. The molecule has 0 aromatic carbocycles. The maximum atomic E-state index is 12.0. The van der Waals surface area contributed by atoms with Crippen LogP contribution in [0.25, 0.3) is 0 Å². The van der Waals surface area contributed by atoms with Crippen molar-refractivity contribution in [1.82, 2.24) is 4.72 Å². The van der Waals surface area contributed by atoms with Gasteiger partial charge < -0.3 is 0 Å². The largest absolute Gasteiger partial charge is 0.212 e. The van der Waals surface area contributed by atoms with Crippen LogP contribution < -0.4 is 4.72 Å². The predicted molar refractivity (Wildman–Crippen MR) is 72.3 cm³/mol. The topological polar surface area (TPSA) is 46.2 Å². The molecule has 1 saturated carbocycles. The fraction of sp³-hybridized carbons (Fsp3) is 1.00. The van der Waals surface area contributed by atoms with E-state index >= 15 is 0 Å². The van der Waals surface area contributed by atoms with Crippen molar-refractivity contribution < 1.29 is 8.42 Å². The Morgan fingerprint density at radius 3 is 2.53 bits per heavy atom. The highest BCUT2D eigenvalue weighted by atomic mass is 32.2. The molecule has 0 aromatic rings. The van der Waals surface area contributed by atoms with Gasteiger partial charge in [-0.2, -0.15) is 0 Å². The molecule has 0 amide bonds. The fourth-order valence-corrected chi connectivity index (χ4v) is 4.39. The molecule has 1 rings (SSSR count). The first-order chi connectivity index (χ1) is 7.85. The first kappa shape index (κ1) is 15.0. The Labute approximate surface area is 106 Å². The van der Waals surface area contributed by atoms with Crippen LogP contribution in [0.4, 0.5) is 0 Å². The summed E-state index contributed by atoms with van der Waals surface area (Å²) in [7, 11) is -3.10. The molecule has 3 nitrogen and oxygen atoms in total. The van der Waals surface area contributed by atoms with Crippen LogP contribution in [0.5, 0.6) is 0 Å². The average molecular weight is 261 g/mol.